The van der Waals surface area contributed by atoms with Gasteiger partial charge in [-0.25, -0.2) is 14.0 Å². The predicted molar refractivity (Wildman–Crippen MR) is 172 cm³/mol. The van der Waals surface area contributed by atoms with Crippen molar-refractivity contribution in [3.05, 3.63) is 119 Å². The van der Waals surface area contributed by atoms with Crippen molar-refractivity contribution in [3.63, 3.8) is 0 Å². The monoisotopic (exact) mass is 644 g/mol. The maximum absolute atomic E-state index is 13.5. The fourth-order valence-corrected chi connectivity index (χ4v) is 5.21. The van der Waals surface area contributed by atoms with Gasteiger partial charge in [-0.15, -0.1) is 0 Å². The highest BCUT2D eigenvalue weighted by atomic mass is 35.5. The molecule has 5 rings (SSSR count). The zero-order valence-corrected chi connectivity index (χ0v) is 26.5. The van der Waals surface area contributed by atoms with Crippen molar-refractivity contribution in [2.45, 2.75) is 45.3 Å². The van der Waals surface area contributed by atoms with E-state index in [1.165, 1.54) is 23.1 Å². The molecule has 0 aromatic heterocycles. The number of carbonyl (C=O) groups is 3. The number of esters is 1. The van der Waals surface area contributed by atoms with Gasteiger partial charge in [0, 0.05) is 25.7 Å². The lowest BCUT2D eigenvalue weighted by molar-refractivity contribution is -0.156. The molecule has 1 aliphatic heterocycles. The van der Waals surface area contributed by atoms with Crippen LogP contribution in [0.2, 0.25) is 5.02 Å². The number of benzene rings is 4. The second kappa shape index (κ2) is 14.0. The minimum atomic E-state index is -0.976. The van der Waals surface area contributed by atoms with E-state index in [2.05, 4.69) is 5.32 Å². The average Bonchev–Trinajstić information content (AvgIpc) is 3.02. The fraction of sp³-hybridized carbons (Fsp3) is 0.250. The van der Waals surface area contributed by atoms with Crippen molar-refractivity contribution in [3.8, 4) is 22.6 Å². The van der Waals surface area contributed by atoms with Gasteiger partial charge in [0.05, 0.1) is 10.9 Å². The number of carbonyl (C=O) groups excluding carboxylic acids is 3. The molecule has 1 unspecified atom stereocenters. The van der Waals surface area contributed by atoms with Crippen LogP contribution in [0.1, 0.15) is 43.4 Å². The van der Waals surface area contributed by atoms with E-state index < -0.39 is 35.5 Å². The van der Waals surface area contributed by atoms with Gasteiger partial charge in [-0.05, 0) is 79.3 Å². The van der Waals surface area contributed by atoms with Gasteiger partial charge in [0.15, 0.2) is 0 Å². The summed E-state index contributed by atoms with van der Waals surface area (Å²) < 4.78 is 30.1. The number of ether oxygens (including phenoxy) is 3. The van der Waals surface area contributed by atoms with Crippen LogP contribution >= 0.6 is 11.6 Å². The molecule has 4 aromatic rings. The summed E-state index contributed by atoms with van der Waals surface area (Å²) in [5.41, 5.74) is 3.76. The van der Waals surface area contributed by atoms with Crippen LogP contribution in [-0.2, 0) is 27.2 Å². The average molecular weight is 645 g/mol. The Bertz CT molecular complexity index is 1720. The first-order valence-corrected chi connectivity index (χ1v) is 15.2. The Morgan fingerprint density at radius 1 is 0.891 bits per heavy atom. The second-order valence-electron chi connectivity index (χ2n) is 11.9. The Morgan fingerprint density at radius 3 is 2.26 bits per heavy atom. The maximum Gasteiger partial charge on any atom is 0.419 e. The standard InChI is InChI=1S/C36H34ClFN2O6/c1-36(2,3)46-33(41)30(26-11-9-24(10-12-26)23-7-5-4-6-8-23)21-39-34(42)45-35(43)40-18-17-25-13-14-28(19-27(25)22-40)44-29-15-16-32(38)31(37)20-29/h4-16,19-20,30H,17-18,21-22H2,1-3H3,(H,39,42). The minimum absolute atomic E-state index is 0.0546. The van der Waals surface area contributed by atoms with E-state index in [1.807, 2.05) is 60.7 Å². The molecule has 0 spiro atoms. The third-order valence-electron chi connectivity index (χ3n) is 7.32. The van der Waals surface area contributed by atoms with Crippen molar-refractivity contribution in [1.82, 2.24) is 10.2 Å². The van der Waals surface area contributed by atoms with E-state index in [1.54, 1.807) is 32.9 Å². The Balaban J connectivity index is 1.21. The lowest BCUT2D eigenvalue weighted by Crippen LogP contribution is -2.41. The fourth-order valence-electron chi connectivity index (χ4n) is 5.04. The molecule has 8 nitrogen and oxygen atoms in total. The van der Waals surface area contributed by atoms with Gasteiger partial charge < -0.3 is 24.4 Å². The molecule has 0 aliphatic carbocycles. The van der Waals surface area contributed by atoms with E-state index in [-0.39, 0.29) is 18.1 Å². The van der Waals surface area contributed by atoms with Gasteiger partial charge in [-0.1, -0.05) is 72.3 Å². The first kappa shape index (κ1) is 32.5. The smallest absolute Gasteiger partial charge is 0.419 e. The van der Waals surface area contributed by atoms with E-state index in [4.69, 9.17) is 25.8 Å². The van der Waals surface area contributed by atoms with Crippen molar-refractivity contribution in [2.24, 2.45) is 0 Å². The second-order valence-corrected chi connectivity index (χ2v) is 12.3. The zero-order valence-electron chi connectivity index (χ0n) is 25.7. The summed E-state index contributed by atoms with van der Waals surface area (Å²) in [7, 11) is 0. The summed E-state index contributed by atoms with van der Waals surface area (Å²) >= 11 is 5.86. The quantitative estimate of drug-likeness (QED) is 0.161. The molecule has 1 aliphatic rings. The number of halogens is 2. The van der Waals surface area contributed by atoms with Crippen molar-refractivity contribution in [2.75, 3.05) is 13.1 Å². The van der Waals surface area contributed by atoms with Crippen LogP contribution in [0.15, 0.2) is 91.0 Å². The van der Waals surface area contributed by atoms with Gasteiger partial charge in [0.2, 0.25) is 0 Å². The Labute approximate surface area is 272 Å². The van der Waals surface area contributed by atoms with Crippen LogP contribution in [0, 0.1) is 5.82 Å². The molecule has 46 heavy (non-hydrogen) atoms. The molecule has 4 aromatic carbocycles. The number of nitrogens with one attached hydrogen (secondary N) is 1. The first-order chi connectivity index (χ1) is 21.9. The summed E-state index contributed by atoms with van der Waals surface area (Å²) in [4.78, 5) is 40.3. The van der Waals surface area contributed by atoms with Crippen LogP contribution in [0.4, 0.5) is 14.0 Å². The summed E-state index contributed by atoms with van der Waals surface area (Å²) in [5, 5.41) is 2.51. The highest BCUT2D eigenvalue weighted by Crippen LogP contribution is 2.30. The van der Waals surface area contributed by atoms with Crippen LogP contribution in [-0.4, -0.2) is 41.7 Å². The molecule has 1 N–H and O–H groups in total. The summed E-state index contributed by atoms with van der Waals surface area (Å²) in [6, 6.07) is 26.8. The van der Waals surface area contributed by atoms with Crippen LogP contribution in [0.25, 0.3) is 11.1 Å². The molecule has 0 saturated carbocycles. The highest BCUT2D eigenvalue weighted by Gasteiger charge is 2.29. The largest absolute Gasteiger partial charge is 0.459 e. The molecular formula is C36H34ClFN2O6. The number of alkyl carbamates (subject to hydrolysis) is 1. The molecule has 1 atom stereocenters. The molecule has 0 fully saturated rings. The SMILES string of the molecule is CC(C)(C)OC(=O)C(CNC(=O)OC(=O)N1CCc2ccc(Oc3ccc(F)c(Cl)c3)cc2C1)c1ccc(-c2ccccc2)cc1. The Hall–Kier alpha value is -4.89. The van der Waals surface area contributed by atoms with Crippen molar-refractivity contribution in [1.29, 1.82) is 0 Å². The Morgan fingerprint density at radius 2 is 1.57 bits per heavy atom. The molecule has 238 valence electrons. The van der Waals surface area contributed by atoms with Gasteiger partial charge in [0.1, 0.15) is 22.9 Å². The lowest BCUT2D eigenvalue weighted by Gasteiger charge is -2.28. The number of nitrogens with zero attached hydrogens (tertiary/aromatic N) is 1. The zero-order chi connectivity index (χ0) is 32.8. The highest BCUT2D eigenvalue weighted by molar-refractivity contribution is 6.30. The minimum Gasteiger partial charge on any atom is -0.459 e. The predicted octanol–water partition coefficient (Wildman–Crippen LogP) is 8.27. The van der Waals surface area contributed by atoms with E-state index in [0.29, 0.717) is 30.0 Å². The normalized spacial score (nSPS) is 13.3. The lowest BCUT2D eigenvalue weighted by atomic mass is 9.96. The number of hydrogen-bond donors (Lipinski definition) is 1. The van der Waals surface area contributed by atoms with Gasteiger partial charge >= 0.3 is 18.2 Å². The first-order valence-electron chi connectivity index (χ1n) is 14.8. The third kappa shape index (κ3) is 8.43. The van der Waals surface area contributed by atoms with Gasteiger partial charge in [-0.3, -0.25) is 4.79 Å². The summed E-state index contributed by atoms with van der Waals surface area (Å²) in [6.45, 7) is 5.71. The Kier molecular flexibility index (Phi) is 9.92. The molecule has 10 heteroatoms. The number of fused-ring (bicyclic) bond motifs is 1. The summed E-state index contributed by atoms with van der Waals surface area (Å²) in [6.07, 6.45) is -1.25. The van der Waals surface area contributed by atoms with Crippen molar-refractivity contribution >= 4 is 29.8 Å². The van der Waals surface area contributed by atoms with E-state index in [9.17, 15) is 18.8 Å². The topological polar surface area (TPSA) is 94.2 Å². The molecular weight excluding hydrogens is 611 g/mol. The molecule has 0 radical (unpaired) electrons. The number of hydrogen-bond acceptors (Lipinski definition) is 6. The summed E-state index contributed by atoms with van der Waals surface area (Å²) in [5.74, 6) is -1.04. The maximum atomic E-state index is 13.5. The molecule has 0 saturated heterocycles. The third-order valence-corrected chi connectivity index (χ3v) is 7.61. The van der Waals surface area contributed by atoms with E-state index >= 15 is 0 Å². The van der Waals surface area contributed by atoms with Crippen LogP contribution < -0.4 is 10.1 Å². The number of rotatable bonds is 7. The van der Waals surface area contributed by atoms with Gasteiger partial charge in [-0.2, -0.15) is 0 Å². The van der Waals surface area contributed by atoms with E-state index in [0.717, 1.165) is 22.3 Å². The van der Waals surface area contributed by atoms with Crippen molar-refractivity contribution < 1.29 is 33.0 Å². The number of amides is 2. The molecule has 1 heterocycles. The van der Waals surface area contributed by atoms with Crippen LogP contribution in [0.3, 0.4) is 0 Å². The van der Waals surface area contributed by atoms with Gasteiger partial charge in [0.25, 0.3) is 0 Å². The molecule has 2 amide bonds. The van der Waals surface area contributed by atoms with Crippen LogP contribution in [0.5, 0.6) is 11.5 Å². The molecule has 0 bridgehead atoms.